The van der Waals surface area contributed by atoms with E-state index in [2.05, 4.69) is 0 Å². The zero-order chi connectivity index (χ0) is 13.0. The summed E-state index contributed by atoms with van der Waals surface area (Å²) in [5.41, 5.74) is 7.12. The van der Waals surface area contributed by atoms with Gasteiger partial charge in [0.15, 0.2) is 0 Å². The summed E-state index contributed by atoms with van der Waals surface area (Å²) in [6.07, 6.45) is 5.09. The highest BCUT2D eigenvalue weighted by molar-refractivity contribution is 8.00. The van der Waals surface area contributed by atoms with Crippen LogP contribution in [0.15, 0.2) is 23.1 Å². The molecule has 0 radical (unpaired) electrons. The molecule has 0 atom stereocenters. The third-order valence-corrected chi connectivity index (χ3v) is 4.57. The Bertz CT molecular complexity index is 428. The summed E-state index contributed by atoms with van der Waals surface area (Å²) in [4.78, 5) is 12.8. The van der Waals surface area contributed by atoms with E-state index in [-0.39, 0.29) is 5.97 Å². The third-order valence-electron chi connectivity index (χ3n) is 3.16. The van der Waals surface area contributed by atoms with Crippen molar-refractivity contribution in [1.82, 2.24) is 0 Å². The number of thioether (sulfide) groups is 1. The number of benzene rings is 1. The molecule has 1 aromatic rings. The van der Waals surface area contributed by atoms with E-state index in [0.29, 0.717) is 23.1 Å². The predicted molar refractivity (Wildman–Crippen MR) is 74.9 cm³/mol. The molecular formula is C14H19NO2S. The van der Waals surface area contributed by atoms with Crippen molar-refractivity contribution in [3.8, 4) is 0 Å². The second-order valence-electron chi connectivity index (χ2n) is 4.46. The fourth-order valence-electron chi connectivity index (χ4n) is 2.22. The van der Waals surface area contributed by atoms with Crippen LogP contribution >= 0.6 is 11.8 Å². The van der Waals surface area contributed by atoms with E-state index in [4.69, 9.17) is 10.5 Å². The van der Waals surface area contributed by atoms with E-state index in [9.17, 15) is 4.79 Å². The van der Waals surface area contributed by atoms with Crippen LogP contribution in [0.25, 0.3) is 0 Å². The number of hydrogen-bond donors (Lipinski definition) is 1. The van der Waals surface area contributed by atoms with Gasteiger partial charge in [-0.05, 0) is 31.9 Å². The van der Waals surface area contributed by atoms with Crippen molar-refractivity contribution in [2.75, 3.05) is 12.3 Å². The lowest BCUT2D eigenvalue weighted by Crippen LogP contribution is -2.09. The van der Waals surface area contributed by atoms with Gasteiger partial charge in [0.2, 0.25) is 0 Å². The van der Waals surface area contributed by atoms with Crippen molar-refractivity contribution in [2.45, 2.75) is 42.8 Å². The number of ether oxygens (including phenoxy) is 1. The first-order chi connectivity index (χ1) is 8.72. The first-order valence-electron chi connectivity index (χ1n) is 6.44. The molecule has 98 valence electrons. The van der Waals surface area contributed by atoms with Crippen LogP contribution in [-0.4, -0.2) is 17.8 Å². The lowest BCUT2D eigenvalue weighted by molar-refractivity contribution is 0.0527. The van der Waals surface area contributed by atoms with Gasteiger partial charge >= 0.3 is 5.97 Å². The molecule has 2 rings (SSSR count). The smallest absolute Gasteiger partial charge is 0.340 e. The molecule has 0 aromatic heterocycles. The number of carbonyl (C=O) groups excluding carboxylic acids is 1. The molecule has 0 heterocycles. The summed E-state index contributed by atoms with van der Waals surface area (Å²) in [6, 6.07) is 5.59. The maximum atomic E-state index is 11.7. The summed E-state index contributed by atoms with van der Waals surface area (Å²) >= 11 is 1.79. The zero-order valence-corrected chi connectivity index (χ0v) is 11.5. The van der Waals surface area contributed by atoms with Crippen LogP contribution in [0.5, 0.6) is 0 Å². The second-order valence-corrected chi connectivity index (χ2v) is 5.80. The van der Waals surface area contributed by atoms with E-state index in [0.717, 1.165) is 4.90 Å². The van der Waals surface area contributed by atoms with Crippen LogP contribution in [0, 0.1) is 0 Å². The van der Waals surface area contributed by atoms with Gasteiger partial charge in [0.1, 0.15) is 0 Å². The van der Waals surface area contributed by atoms with Gasteiger partial charge < -0.3 is 10.5 Å². The van der Waals surface area contributed by atoms with Crippen molar-refractivity contribution in [3.63, 3.8) is 0 Å². The minimum absolute atomic E-state index is 0.330. The molecule has 0 unspecified atom stereocenters. The standard InChI is InChI=1S/C14H19NO2S/c1-2-17-14(16)11-8-5-9-12(13(11)15)18-10-6-3-4-7-10/h5,8-10H,2-4,6-7,15H2,1H3. The Balaban J connectivity index is 2.15. The van der Waals surface area contributed by atoms with Gasteiger partial charge in [-0.15, -0.1) is 11.8 Å². The van der Waals surface area contributed by atoms with Gasteiger partial charge in [-0.2, -0.15) is 0 Å². The molecule has 0 amide bonds. The average molecular weight is 265 g/mol. The number of esters is 1. The van der Waals surface area contributed by atoms with E-state index in [1.165, 1.54) is 25.7 Å². The largest absolute Gasteiger partial charge is 0.462 e. The molecule has 0 aliphatic heterocycles. The van der Waals surface area contributed by atoms with Crippen molar-refractivity contribution in [2.24, 2.45) is 0 Å². The van der Waals surface area contributed by atoms with Crippen LogP contribution in [0.3, 0.4) is 0 Å². The Kier molecular flexibility index (Phi) is 4.53. The molecule has 1 fully saturated rings. The quantitative estimate of drug-likeness (QED) is 0.669. The number of nitrogen functional groups attached to an aromatic ring is 1. The van der Waals surface area contributed by atoms with Crippen LogP contribution in [0.1, 0.15) is 43.0 Å². The maximum Gasteiger partial charge on any atom is 0.340 e. The van der Waals surface area contributed by atoms with Crippen LogP contribution in [0.4, 0.5) is 5.69 Å². The van der Waals surface area contributed by atoms with E-state index in [1.807, 2.05) is 12.1 Å². The topological polar surface area (TPSA) is 52.3 Å². The molecule has 2 N–H and O–H groups in total. The predicted octanol–water partition coefficient (Wildman–Crippen LogP) is 3.48. The van der Waals surface area contributed by atoms with Crippen molar-refractivity contribution in [3.05, 3.63) is 23.8 Å². The summed E-state index contributed by atoms with van der Waals surface area (Å²) < 4.78 is 5.01. The number of rotatable bonds is 4. The van der Waals surface area contributed by atoms with Gasteiger partial charge in [0, 0.05) is 10.1 Å². The molecule has 1 aromatic carbocycles. The van der Waals surface area contributed by atoms with Crippen molar-refractivity contribution in [1.29, 1.82) is 0 Å². The highest BCUT2D eigenvalue weighted by atomic mass is 32.2. The van der Waals surface area contributed by atoms with Gasteiger partial charge in [-0.1, -0.05) is 18.9 Å². The summed E-state index contributed by atoms with van der Waals surface area (Å²) in [7, 11) is 0. The van der Waals surface area contributed by atoms with Gasteiger partial charge in [-0.3, -0.25) is 0 Å². The maximum absolute atomic E-state index is 11.7. The minimum atomic E-state index is -0.330. The van der Waals surface area contributed by atoms with E-state index < -0.39 is 0 Å². The van der Waals surface area contributed by atoms with Crippen LogP contribution in [-0.2, 0) is 4.74 Å². The second kappa shape index (κ2) is 6.14. The summed E-state index contributed by atoms with van der Waals surface area (Å²) in [6.45, 7) is 2.17. The molecule has 0 saturated heterocycles. The molecule has 1 aliphatic rings. The molecule has 3 nitrogen and oxygen atoms in total. The lowest BCUT2D eigenvalue weighted by atomic mass is 10.2. The Morgan fingerprint density at radius 1 is 1.44 bits per heavy atom. The number of nitrogens with two attached hydrogens (primary N) is 1. The number of hydrogen-bond acceptors (Lipinski definition) is 4. The molecule has 1 aliphatic carbocycles. The van der Waals surface area contributed by atoms with Gasteiger partial charge in [0.25, 0.3) is 0 Å². The monoisotopic (exact) mass is 265 g/mol. The molecular weight excluding hydrogens is 246 g/mol. The third kappa shape index (κ3) is 2.99. The van der Waals surface area contributed by atoms with Crippen LogP contribution < -0.4 is 5.73 Å². The molecule has 0 bridgehead atoms. The van der Waals surface area contributed by atoms with E-state index in [1.54, 1.807) is 24.8 Å². The van der Waals surface area contributed by atoms with Gasteiger partial charge in [-0.25, -0.2) is 4.79 Å². The molecule has 1 saturated carbocycles. The molecule has 0 spiro atoms. The number of carbonyl (C=O) groups is 1. The Morgan fingerprint density at radius 3 is 2.83 bits per heavy atom. The molecule has 18 heavy (non-hydrogen) atoms. The van der Waals surface area contributed by atoms with Crippen LogP contribution in [0.2, 0.25) is 0 Å². The van der Waals surface area contributed by atoms with Crippen molar-refractivity contribution >= 4 is 23.4 Å². The SMILES string of the molecule is CCOC(=O)c1cccc(SC2CCCC2)c1N. The summed E-state index contributed by atoms with van der Waals surface area (Å²) in [5.74, 6) is -0.330. The number of anilines is 1. The fourth-order valence-corrected chi connectivity index (χ4v) is 3.54. The van der Waals surface area contributed by atoms with Gasteiger partial charge in [0.05, 0.1) is 17.9 Å². The zero-order valence-electron chi connectivity index (χ0n) is 10.6. The highest BCUT2D eigenvalue weighted by Crippen LogP contribution is 2.38. The van der Waals surface area contributed by atoms with E-state index >= 15 is 0 Å². The highest BCUT2D eigenvalue weighted by Gasteiger charge is 2.19. The first kappa shape index (κ1) is 13.3. The normalized spacial score (nSPS) is 15.8. The Labute approximate surface area is 112 Å². The fraction of sp³-hybridized carbons (Fsp3) is 0.500. The minimum Gasteiger partial charge on any atom is -0.462 e. The van der Waals surface area contributed by atoms with Crippen molar-refractivity contribution < 1.29 is 9.53 Å². The lowest BCUT2D eigenvalue weighted by Gasteiger charge is -2.13. The average Bonchev–Trinajstić information content (AvgIpc) is 2.85. The Hall–Kier alpha value is -1.16. The number of para-hydroxylation sites is 1. The Morgan fingerprint density at radius 2 is 2.17 bits per heavy atom. The first-order valence-corrected chi connectivity index (χ1v) is 7.32. The molecule has 4 heteroatoms. The summed E-state index contributed by atoms with van der Waals surface area (Å²) in [5, 5.41) is 0.643.